The third-order valence-corrected chi connectivity index (χ3v) is 2.88. The number of carboxylic acids is 1. The van der Waals surface area contributed by atoms with E-state index in [2.05, 4.69) is 4.90 Å². The molecular formula is C11H16N2O3. The number of aromatic carboxylic acids is 1. The van der Waals surface area contributed by atoms with Gasteiger partial charge in [0.1, 0.15) is 0 Å². The minimum absolute atomic E-state index is 0.0409. The fourth-order valence-corrected chi connectivity index (χ4v) is 2.12. The number of hydrogen-bond acceptors (Lipinski definition) is 4. The molecule has 1 atom stereocenters. The molecule has 1 aliphatic heterocycles. The summed E-state index contributed by atoms with van der Waals surface area (Å²) in [5.74, 6) is -0.972. The van der Waals surface area contributed by atoms with E-state index in [-0.39, 0.29) is 11.8 Å². The van der Waals surface area contributed by atoms with Crippen molar-refractivity contribution in [3.8, 4) is 0 Å². The molecule has 1 fully saturated rings. The highest BCUT2D eigenvalue weighted by Crippen LogP contribution is 2.16. The average Bonchev–Trinajstić information content (AvgIpc) is 2.66. The zero-order valence-electron chi connectivity index (χ0n) is 9.06. The van der Waals surface area contributed by atoms with E-state index < -0.39 is 5.97 Å². The van der Waals surface area contributed by atoms with Gasteiger partial charge in [-0.25, -0.2) is 4.79 Å². The average molecular weight is 224 g/mol. The molecular weight excluding hydrogens is 208 g/mol. The molecule has 0 saturated carbocycles. The fourth-order valence-electron chi connectivity index (χ4n) is 2.12. The van der Waals surface area contributed by atoms with Gasteiger partial charge in [0.05, 0.1) is 6.26 Å². The summed E-state index contributed by atoms with van der Waals surface area (Å²) in [7, 11) is 0. The Hall–Kier alpha value is -1.33. The van der Waals surface area contributed by atoms with Crippen molar-refractivity contribution in [3.05, 3.63) is 23.7 Å². The van der Waals surface area contributed by atoms with Crippen LogP contribution >= 0.6 is 0 Å². The predicted octanol–water partition coefficient (Wildman–Crippen LogP) is 0.901. The van der Waals surface area contributed by atoms with Crippen LogP contribution in [0.1, 0.15) is 29.0 Å². The van der Waals surface area contributed by atoms with Crippen LogP contribution in [0.5, 0.6) is 0 Å². The van der Waals surface area contributed by atoms with Gasteiger partial charge in [-0.1, -0.05) is 0 Å². The molecule has 1 aromatic heterocycles. The number of likely N-dealkylation sites (tertiary alicyclic amines) is 1. The largest absolute Gasteiger partial charge is 0.475 e. The van der Waals surface area contributed by atoms with E-state index in [1.54, 1.807) is 6.07 Å². The normalized spacial score (nSPS) is 22.2. The van der Waals surface area contributed by atoms with Crippen LogP contribution in [0.2, 0.25) is 0 Å². The smallest absolute Gasteiger partial charge is 0.372 e. The predicted molar refractivity (Wildman–Crippen MR) is 58.2 cm³/mol. The molecule has 0 spiro atoms. The van der Waals surface area contributed by atoms with Gasteiger partial charge in [-0.3, -0.25) is 4.90 Å². The molecule has 2 heterocycles. The lowest BCUT2D eigenvalue weighted by Crippen LogP contribution is -2.42. The Balaban J connectivity index is 2.02. The molecule has 0 aliphatic carbocycles. The van der Waals surface area contributed by atoms with Crippen molar-refractivity contribution in [2.45, 2.75) is 25.4 Å². The second kappa shape index (κ2) is 4.67. The molecule has 1 saturated heterocycles. The third kappa shape index (κ3) is 2.43. The van der Waals surface area contributed by atoms with E-state index in [1.807, 2.05) is 0 Å². The second-order valence-electron chi connectivity index (χ2n) is 4.22. The SMILES string of the molecule is NC1CCCN(Cc2ccoc2C(=O)O)C1. The minimum atomic E-state index is -1.01. The van der Waals surface area contributed by atoms with Crippen LogP contribution in [0, 0.1) is 0 Å². The molecule has 3 N–H and O–H groups in total. The molecule has 16 heavy (non-hydrogen) atoms. The molecule has 2 rings (SSSR count). The van der Waals surface area contributed by atoms with Gasteiger partial charge in [-0.05, 0) is 25.5 Å². The van der Waals surface area contributed by atoms with Crippen LogP contribution in [0.25, 0.3) is 0 Å². The summed E-state index contributed by atoms with van der Waals surface area (Å²) in [6, 6.07) is 1.91. The lowest BCUT2D eigenvalue weighted by Gasteiger charge is -2.30. The van der Waals surface area contributed by atoms with E-state index in [0.29, 0.717) is 6.54 Å². The number of nitrogens with zero attached hydrogens (tertiary/aromatic N) is 1. The topological polar surface area (TPSA) is 79.7 Å². The number of piperidine rings is 1. The molecule has 88 valence electrons. The number of carbonyl (C=O) groups is 1. The molecule has 1 unspecified atom stereocenters. The molecule has 1 aromatic rings. The van der Waals surface area contributed by atoms with Crippen LogP contribution in [0.4, 0.5) is 0 Å². The van der Waals surface area contributed by atoms with Gasteiger partial charge in [0.15, 0.2) is 0 Å². The van der Waals surface area contributed by atoms with E-state index in [1.165, 1.54) is 6.26 Å². The van der Waals surface area contributed by atoms with Crippen LogP contribution in [0.15, 0.2) is 16.7 Å². The highest BCUT2D eigenvalue weighted by atomic mass is 16.4. The Morgan fingerprint density at radius 1 is 1.69 bits per heavy atom. The Kier molecular flexibility index (Phi) is 3.26. The zero-order chi connectivity index (χ0) is 11.5. The maximum atomic E-state index is 10.9. The highest BCUT2D eigenvalue weighted by Gasteiger charge is 2.20. The van der Waals surface area contributed by atoms with Gasteiger partial charge in [0.2, 0.25) is 5.76 Å². The second-order valence-corrected chi connectivity index (χ2v) is 4.22. The monoisotopic (exact) mass is 224 g/mol. The highest BCUT2D eigenvalue weighted by molar-refractivity contribution is 5.86. The van der Waals surface area contributed by atoms with Crippen LogP contribution < -0.4 is 5.73 Å². The molecule has 0 amide bonds. The Bertz CT molecular complexity index is 375. The number of carboxylic acid groups (broad SMARTS) is 1. The Morgan fingerprint density at radius 2 is 2.50 bits per heavy atom. The van der Waals surface area contributed by atoms with Crippen LogP contribution in [-0.2, 0) is 6.54 Å². The summed E-state index contributed by atoms with van der Waals surface area (Å²) >= 11 is 0. The van der Waals surface area contributed by atoms with E-state index in [9.17, 15) is 4.79 Å². The maximum Gasteiger partial charge on any atom is 0.372 e. The zero-order valence-corrected chi connectivity index (χ0v) is 9.06. The minimum Gasteiger partial charge on any atom is -0.475 e. The third-order valence-electron chi connectivity index (χ3n) is 2.88. The summed E-state index contributed by atoms with van der Waals surface area (Å²) in [5.41, 5.74) is 6.59. The summed E-state index contributed by atoms with van der Waals surface area (Å²) in [5, 5.41) is 8.90. The molecule has 0 bridgehead atoms. The molecule has 5 nitrogen and oxygen atoms in total. The van der Waals surface area contributed by atoms with Crippen molar-refractivity contribution in [2.24, 2.45) is 5.73 Å². The van der Waals surface area contributed by atoms with Crippen molar-refractivity contribution in [2.75, 3.05) is 13.1 Å². The Morgan fingerprint density at radius 3 is 3.19 bits per heavy atom. The first-order valence-electron chi connectivity index (χ1n) is 5.44. The standard InChI is InChI=1S/C11H16N2O3/c12-9-2-1-4-13(7-9)6-8-3-5-16-10(8)11(14)15/h3,5,9H,1-2,4,6-7,12H2,(H,14,15). The molecule has 1 aliphatic rings. The van der Waals surface area contributed by atoms with Gasteiger partial charge in [-0.15, -0.1) is 0 Å². The van der Waals surface area contributed by atoms with Crippen molar-refractivity contribution in [1.29, 1.82) is 0 Å². The summed E-state index contributed by atoms with van der Waals surface area (Å²) < 4.78 is 4.94. The summed E-state index contributed by atoms with van der Waals surface area (Å²) in [6.45, 7) is 2.40. The quantitative estimate of drug-likeness (QED) is 0.797. The van der Waals surface area contributed by atoms with Crippen molar-refractivity contribution in [1.82, 2.24) is 4.90 Å². The fraction of sp³-hybridized carbons (Fsp3) is 0.545. The number of hydrogen-bond donors (Lipinski definition) is 2. The summed E-state index contributed by atoms with van der Waals surface area (Å²) in [4.78, 5) is 13.0. The number of nitrogens with two attached hydrogens (primary N) is 1. The first-order valence-corrected chi connectivity index (χ1v) is 5.44. The van der Waals surface area contributed by atoms with Crippen LogP contribution in [-0.4, -0.2) is 35.1 Å². The van der Waals surface area contributed by atoms with E-state index in [0.717, 1.165) is 31.5 Å². The van der Waals surface area contributed by atoms with Gasteiger partial charge in [-0.2, -0.15) is 0 Å². The molecule has 0 aromatic carbocycles. The van der Waals surface area contributed by atoms with Gasteiger partial charge >= 0.3 is 5.97 Å². The first-order chi connectivity index (χ1) is 7.66. The van der Waals surface area contributed by atoms with Crippen molar-refractivity contribution < 1.29 is 14.3 Å². The number of rotatable bonds is 3. The van der Waals surface area contributed by atoms with E-state index in [4.69, 9.17) is 15.3 Å². The number of furan rings is 1. The van der Waals surface area contributed by atoms with Crippen LogP contribution in [0.3, 0.4) is 0 Å². The van der Waals surface area contributed by atoms with Crippen molar-refractivity contribution in [3.63, 3.8) is 0 Å². The lowest BCUT2D eigenvalue weighted by molar-refractivity contribution is 0.0658. The van der Waals surface area contributed by atoms with Gasteiger partial charge < -0.3 is 15.3 Å². The van der Waals surface area contributed by atoms with Crippen molar-refractivity contribution >= 4 is 5.97 Å². The maximum absolute atomic E-state index is 10.9. The summed E-state index contributed by atoms with van der Waals surface area (Å²) in [6.07, 6.45) is 3.54. The van der Waals surface area contributed by atoms with Gasteiger partial charge in [0, 0.05) is 24.7 Å². The molecule has 0 radical (unpaired) electrons. The van der Waals surface area contributed by atoms with E-state index >= 15 is 0 Å². The lowest BCUT2D eigenvalue weighted by atomic mass is 10.1. The first kappa shape index (κ1) is 11.2. The van der Waals surface area contributed by atoms with Gasteiger partial charge in [0.25, 0.3) is 0 Å². The molecule has 5 heteroatoms. The Labute approximate surface area is 93.8 Å².